The molecular formula is C17H14O7. The zero-order chi connectivity index (χ0) is 17.3. The molecule has 1 aliphatic rings. The Labute approximate surface area is 137 Å². The minimum Gasteiger partial charge on any atom is -0.493 e. The monoisotopic (exact) mass is 330 g/mol. The van der Waals surface area contributed by atoms with Crippen molar-refractivity contribution in [3.63, 3.8) is 0 Å². The van der Waals surface area contributed by atoms with Crippen molar-refractivity contribution < 1.29 is 33.6 Å². The van der Waals surface area contributed by atoms with E-state index in [1.54, 1.807) is 30.3 Å². The molecule has 124 valence electrons. The van der Waals surface area contributed by atoms with E-state index < -0.39 is 18.0 Å². The zero-order valence-corrected chi connectivity index (χ0v) is 12.9. The van der Waals surface area contributed by atoms with Gasteiger partial charge in [-0.3, -0.25) is 4.79 Å². The van der Waals surface area contributed by atoms with Crippen LogP contribution in [0.3, 0.4) is 0 Å². The van der Waals surface area contributed by atoms with Crippen LogP contribution in [0.1, 0.15) is 22.0 Å². The average Bonchev–Trinajstić information content (AvgIpc) is 2.61. The van der Waals surface area contributed by atoms with Crippen molar-refractivity contribution in [2.45, 2.75) is 6.10 Å². The molecule has 7 nitrogen and oxygen atoms in total. The number of hydrogen-bond acceptors (Lipinski definition) is 7. The second kappa shape index (κ2) is 6.21. The fourth-order valence-corrected chi connectivity index (χ4v) is 2.44. The molecule has 1 aliphatic heterocycles. The summed E-state index contributed by atoms with van der Waals surface area (Å²) in [5, 5.41) is 10.3. The second-order valence-electron chi connectivity index (χ2n) is 4.95. The average molecular weight is 330 g/mol. The summed E-state index contributed by atoms with van der Waals surface area (Å²) in [7, 11) is 2.70. The molecule has 24 heavy (non-hydrogen) atoms. The molecule has 2 aromatic rings. The largest absolute Gasteiger partial charge is 0.519 e. The van der Waals surface area contributed by atoms with Crippen molar-refractivity contribution in [1.82, 2.24) is 0 Å². The van der Waals surface area contributed by atoms with Crippen molar-refractivity contribution in [3.05, 3.63) is 47.5 Å². The Bertz CT molecular complexity index is 798. The number of ether oxygens (including phenoxy) is 4. The molecule has 1 heterocycles. The Hall–Kier alpha value is -3.06. The molecular weight excluding hydrogens is 316 g/mol. The van der Waals surface area contributed by atoms with Crippen molar-refractivity contribution >= 4 is 11.9 Å². The maximum absolute atomic E-state index is 12.7. The van der Waals surface area contributed by atoms with Gasteiger partial charge in [0.1, 0.15) is 6.10 Å². The van der Waals surface area contributed by atoms with Crippen LogP contribution in [0.2, 0.25) is 0 Å². The molecule has 7 heteroatoms. The van der Waals surface area contributed by atoms with Gasteiger partial charge in [0.15, 0.2) is 17.3 Å². The molecule has 2 bridgehead atoms. The van der Waals surface area contributed by atoms with Crippen LogP contribution in [0, 0.1) is 0 Å². The SMILES string of the molecule is COc1cc(C(=O)C(O)c2ccccc2)c2c(OC)c1OC(=O)O2. The highest BCUT2D eigenvalue weighted by atomic mass is 16.7. The first-order valence-electron chi connectivity index (χ1n) is 7.02. The number of ketones is 1. The van der Waals surface area contributed by atoms with Crippen molar-refractivity contribution in [1.29, 1.82) is 0 Å². The normalized spacial score (nSPS) is 13.5. The van der Waals surface area contributed by atoms with Gasteiger partial charge in [-0.15, -0.1) is 0 Å². The lowest BCUT2D eigenvalue weighted by molar-refractivity contribution is 0.0740. The van der Waals surface area contributed by atoms with E-state index in [1.165, 1.54) is 20.3 Å². The van der Waals surface area contributed by atoms with E-state index in [1.807, 2.05) is 0 Å². The third-order valence-electron chi connectivity index (χ3n) is 3.58. The first-order valence-corrected chi connectivity index (χ1v) is 7.02. The molecule has 0 aliphatic carbocycles. The Morgan fingerprint density at radius 3 is 2.38 bits per heavy atom. The molecule has 1 N–H and O–H groups in total. The number of Topliss-reactive ketones (excluding diaryl/α,β-unsaturated/α-hetero) is 1. The fourth-order valence-electron chi connectivity index (χ4n) is 2.44. The van der Waals surface area contributed by atoms with Gasteiger partial charge < -0.3 is 24.1 Å². The lowest BCUT2D eigenvalue weighted by Gasteiger charge is -2.23. The summed E-state index contributed by atoms with van der Waals surface area (Å²) in [5.74, 6) is -0.566. The predicted octanol–water partition coefficient (Wildman–Crippen LogP) is 2.51. The molecule has 0 amide bonds. The topological polar surface area (TPSA) is 91.3 Å². The molecule has 2 aromatic carbocycles. The van der Waals surface area contributed by atoms with Gasteiger partial charge in [-0.25, -0.2) is 4.79 Å². The second-order valence-corrected chi connectivity index (χ2v) is 4.95. The molecule has 1 unspecified atom stereocenters. The Morgan fingerprint density at radius 2 is 1.75 bits per heavy atom. The van der Waals surface area contributed by atoms with Crippen LogP contribution in [-0.4, -0.2) is 31.3 Å². The highest BCUT2D eigenvalue weighted by molar-refractivity contribution is 6.05. The number of hydrogen-bond donors (Lipinski definition) is 1. The van der Waals surface area contributed by atoms with Crippen molar-refractivity contribution in [3.8, 4) is 23.0 Å². The quantitative estimate of drug-likeness (QED) is 0.511. The molecule has 0 radical (unpaired) electrons. The van der Waals surface area contributed by atoms with Crippen LogP contribution in [0.5, 0.6) is 23.0 Å². The van der Waals surface area contributed by atoms with Gasteiger partial charge in [-0.05, 0) is 11.6 Å². The summed E-state index contributed by atoms with van der Waals surface area (Å²) in [6.07, 6.45) is -2.44. The van der Waals surface area contributed by atoms with E-state index in [-0.39, 0.29) is 28.6 Å². The minimum atomic E-state index is -1.43. The van der Waals surface area contributed by atoms with Gasteiger partial charge in [-0.1, -0.05) is 30.3 Å². The summed E-state index contributed by atoms with van der Waals surface area (Å²) in [5.41, 5.74) is 0.371. The van der Waals surface area contributed by atoms with Gasteiger partial charge in [0.25, 0.3) is 0 Å². The third kappa shape index (κ3) is 2.55. The van der Waals surface area contributed by atoms with Gasteiger partial charge in [0.2, 0.25) is 11.5 Å². The molecule has 0 spiro atoms. The number of carbonyl (C=O) groups is 2. The van der Waals surface area contributed by atoms with Crippen molar-refractivity contribution in [2.75, 3.05) is 14.2 Å². The molecule has 0 saturated carbocycles. The number of aliphatic hydroxyl groups is 1. The first-order chi connectivity index (χ1) is 11.6. The standard InChI is InChI=1S/C17H14O7/c1-21-11-8-10(13(19)12(18)9-6-4-3-5-7-9)14-16(22-2)15(11)24-17(20)23-14/h3-8,12,18H,1-2H3. The van der Waals surface area contributed by atoms with Gasteiger partial charge in [0, 0.05) is 0 Å². The fraction of sp³-hybridized carbons (Fsp3) is 0.176. The van der Waals surface area contributed by atoms with Crippen molar-refractivity contribution in [2.24, 2.45) is 0 Å². The molecule has 0 fully saturated rings. The smallest absolute Gasteiger partial charge is 0.493 e. The van der Waals surface area contributed by atoms with E-state index in [9.17, 15) is 14.7 Å². The van der Waals surface area contributed by atoms with Gasteiger partial charge in [0.05, 0.1) is 19.8 Å². The maximum Gasteiger partial charge on any atom is 0.519 e. The van der Waals surface area contributed by atoms with E-state index in [2.05, 4.69) is 0 Å². The zero-order valence-electron chi connectivity index (χ0n) is 12.9. The highest BCUT2D eigenvalue weighted by Crippen LogP contribution is 2.50. The van der Waals surface area contributed by atoms with Crippen LogP contribution < -0.4 is 18.9 Å². The molecule has 3 rings (SSSR count). The Balaban J connectivity index is 2.11. The van der Waals surface area contributed by atoms with Crippen LogP contribution >= 0.6 is 0 Å². The van der Waals surface area contributed by atoms with Gasteiger partial charge >= 0.3 is 6.16 Å². The maximum atomic E-state index is 12.7. The lowest BCUT2D eigenvalue weighted by atomic mass is 9.98. The Morgan fingerprint density at radius 1 is 1.08 bits per heavy atom. The first kappa shape index (κ1) is 15.8. The molecule has 1 atom stereocenters. The summed E-state index contributed by atoms with van der Waals surface area (Å²) in [4.78, 5) is 24.3. The number of benzene rings is 2. The predicted molar refractivity (Wildman–Crippen MR) is 81.9 cm³/mol. The van der Waals surface area contributed by atoms with E-state index >= 15 is 0 Å². The minimum absolute atomic E-state index is 0.0250. The van der Waals surface area contributed by atoms with Crippen LogP contribution in [0.25, 0.3) is 0 Å². The van der Waals surface area contributed by atoms with Crippen LogP contribution in [0.15, 0.2) is 36.4 Å². The van der Waals surface area contributed by atoms with Gasteiger partial charge in [-0.2, -0.15) is 0 Å². The van der Waals surface area contributed by atoms with E-state index in [0.29, 0.717) is 5.56 Å². The van der Waals surface area contributed by atoms with Crippen LogP contribution in [-0.2, 0) is 0 Å². The number of rotatable bonds is 5. The number of methoxy groups -OCH3 is 2. The molecule has 0 saturated heterocycles. The summed E-state index contributed by atoms with van der Waals surface area (Å²) >= 11 is 0. The summed E-state index contributed by atoms with van der Waals surface area (Å²) in [6.45, 7) is 0. The third-order valence-corrected chi connectivity index (χ3v) is 3.58. The lowest BCUT2D eigenvalue weighted by Crippen LogP contribution is -2.23. The number of fused-ring (bicyclic) bond motifs is 2. The number of carbonyl (C=O) groups excluding carboxylic acids is 2. The van der Waals surface area contributed by atoms with E-state index in [4.69, 9.17) is 18.9 Å². The van der Waals surface area contributed by atoms with Crippen LogP contribution in [0.4, 0.5) is 4.79 Å². The number of aliphatic hydroxyl groups excluding tert-OH is 1. The highest BCUT2D eigenvalue weighted by Gasteiger charge is 2.35. The van der Waals surface area contributed by atoms with E-state index in [0.717, 1.165) is 0 Å². The summed E-state index contributed by atoms with van der Waals surface area (Å²) in [6, 6.07) is 9.75. The Kier molecular flexibility index (Phi) is 4.09. The molecule has 0 aromatic heterocycles. The summed E-state index contributed by atoms with van der Waals surface area (Å²) < 4.78 is 20.2.